The van der Waals surface area contributed by atoms with Crippen molar-refractivity contribution in [3.63, 3.8) is 0 Å². The number of H-pyrrole nitrogens is 1. The normalized spacial score (nSPS) is 14.7. The van der Waals surface area contributed by atoms with Gasteiger partial charge in [0.25, 0.3) is 0 Å². The Labute approximate surface area is 174 Å². The first kappa shape index (κ1) is 18.9. The topological polar surface area (TPSA) is 71.4 Å². The first-order valence-electron chi connectivity index (χ1n) is 10.6. The van der Waals surface area contributed by atoms with E-state index in [1.807, 2.05) is 25.1 Å². The monoisotopic (exact) mass is 402 g/mol. The molecule has 0 unspecified atom stereocenters. The molecule has 1 saturated carbocycles. The van der Waals surface area contributed by atoms with Gasteiger partial charge in [0.05, 0.1) is 12.6 Å². The number of hydrogen-bond acceptors (Lipinski definition) is 4. The lowest BCUT2D eigenvalue weighted by molar-refractivity contribution is 0.417. The van der Waals surface area contributed by atoms with E-state index >= 15 is 0 Å². The van der Waals surface area contributed by atoms with Crippen LogP contribution in [0.2, 0.25) is 0 Å². The van der Waals surface area contributed by atoms with Crippen LogP contribution in [-0.4, -0.2) is 27.7 Å². The number of benzene rings is 2. The van der Waals surface area contributed by atoms with Crippen LogP contribution in [0.3, 0.4) is 0 Å². The molecule has 30 heavy (non-hydrogen) atoms. The number of aromatic amines is 1. The zero-order chi connectivity index (χ0) is 20.7. The molecule has 0 spiro atoms. The number of fused-ring (bicyclic) bond motifs is 3. The summed E-state index contributed by atoms with van der Waals surface area (Å²) in [4.78, 5) is 12.4. The highest BCUT2D eigenvalue weighted by Gasteiger charge is 2.16. The molecule has 2 aromatic heterocycles. The molecule has 154 valence electrons. The fraction of sp³-hybridized carbons (Fsp3) is 0.333. The third-order valence-electron chi connectivity index (χ3n) is 6.22. The van der Waals surface area contributed by atoms with Crippen LogP contribution in [0.25, 0.3) is 27.7 Å². The van der Waals surface area contributed by atoms with Gasteiger partial charge in [-0.05, 0) is 60.7 Å². The smallest absolute Gasteiger partial charge is 0.348 e. The number of methoxy groups -OCH3 is 1. The van der Waals surface area contributed by atoms with E-state index in [2.05, 4.69) is 39.8 Å². The lowest BCUT2D eigenvalue weighted by Crippen LogP contribution is -2.25. The Morgan fingerprint density at radius 2 is 2.03 bits per heavy atom. The highest BCUT2D eigenvalue weighted by molar-refractivity contribution is 5.92. The van der Waals surface area contributed by atoms with Crippen molar-refractivity contribution in [2.45, 2.75) is 45.2 Å². The summed E-state index contributed by atoms with van der Waals surface area (Å²) in [6.07, 6.45) is 5.19. The molecule has 1 aliphatic carbocycles. The summed E-state index contributed by atoms with van der Waals surface area (Å²) in [6, 6.07) is 15.1. The van der Waals surface area contributed by atoms with Crippen LogP contribution < -0.4 is 15.7 Å². The summed E-state index contributed by atoms with van der Waals surface area (Å²) >= 11 is 0. The van der Waals surface area contributed by atoms with E-state index in [1.165, 1.54) is 31.2 Å². The third kappa shape index (κ3) is 3.27. The maximum atomic E-state index is 12.4. The average Bonchev–Trinajstić information content (AvgIpc) is 3.41. The Morgan fingerprint density at radius 3 is 2.83 bits per heavy atom. The number of pyridine rings is 1. The number of ether oxygens (including phenoxy) is 1. The van der Waals surface area contributed by atoms with Gasteiger partial charge in [-0.3, -0.25) is 0 Å². The molecule has 1 fully saturated rings. The van der Waals surface area contributed by atoms with Gasteiger partial charge in [0.1, 0.15) is 5.75 Å². The summed E-state index contributed by atoms with van der Waals surface area (Å²) in [5, 5.41) is 11.3. The highest BCUT2D eigenvalue weighted by Crippen LogP contribution is 2.35. The maximum absolute atomic E-state index is 12.4. The predicted molar refractivity (Wildman–Crippen MR) is 119 cm³/mol. The SMILES string of the molecule is COc1cc2c(C)cc3n[nH]c(=O)n3c2cc1-c1cccc(CNC2CCCC2)c1. The molecule has 2 heterocycles. The minimum Gasteiger partial charge on any atom is -0.496 e. The number of nitrogens with zero attached hydrogens (tertiary/aromatic N) is 2. The van der Waals surface area contributed by atoms with Crippen LogP contribution in [0.1, 0.15) is 36.8 Å². The molecule has 0 bridgehead atoms. The largest absolute Gasteiger partial charge is 0.496 e. The first-order chi connectivity index (χ1) is 14.6. The molecule has 1 aliphatic rings. The van der Waals surface area contributed by atoms with Crippen LogP contribution in [-0.2, 0) is 6.54 Å². The zero-order valence-corrected chi connectivity index (χ0v) is 17.4. The second-order valence-corrected chi connectivity index (χ2v) is 8.18. The molecular formula is C24H26N4O2. The summed E-state index contributed by atoms with van der Waals surface area (Å²) in [7, 11) is 1.69. The molecule has 0 aliphatic heterocycles. The van der Waals surface area contributed by atoms with E-state index in [0.29, 0.717) is 11.7 Å². The lowest BCUT2D eigenvalue weighted by Gasteiger charge is -2.15. The zero-order valence-electron chi connectivity index (χ0n) is 17.4. The van der Waals surface area contributed by atoms with Crippen molar-refractivity contribution in [2.24, 2.45) is 0 Å². The predicted octanol–water partition coefficient (Wildman–Crippen LogP) is 4.19. The summed E-state index contributed by atoms with van der Waals surface area (Å²) in [5.74, 6) is 0.794. The van der Waals surface area contributed by atoms with Crippen LogP contribution in [0.5, 0.6) is 5.75 Å². The number of nitrogens with one attached hydrogen (secondary N) is 2. The molecule has 6 heteroatoms. The van der Waals surface area contributed by atoms with Gasteiger partial charge in [-0.1, -0.05) is 31.0 Å². The van der Waals surface area contributed by atoms with Gasteiger partial charge in [-0.15, -0.1) is 0 Å². The Bertz CT molecular complexity index is 1280. The quantitative estimate of drug-likeness (QED) is 0.525. The van der Waals surface area contributed by atoms with Crippen molar-refractivity contribution < 1.29 is 4.74 Å². The summed E-state index contributed by atoms with van der Waals surface area (Å²) < 4.78 is 7.36. The fourth-order valence-electron chi connectivity index (χ4n) is 4.61. The first-order valence-corrected chi connectivity index (χ1v) is 10.6. The van der Waals surface area contributed by atoms with Gasteiger partial charge < -0.3 is 10.1 Å². The molecule has 5 rings (SSSR count). The second kappa shape index (κ2) is 7.61. The van der Waals surface area contributed by atoms with E-state index in [1.54, 1.807) is 11.5 Å². The Morgan fingerprint density at radius 1 is 1.20 bits per heavy atom. The fourth-order valence-corrected chi connectivity index (χ4v) is 4.61. The lowest BCUT2D eigenvalue weighted by atomic mass is 9.98. The van der Waals surface area contributed by atoms with Crippen molar-refractivity contribution in [2.75, 3.05) is 7.11 Å². The molecule has 0 saturated heterocycles. The molecule has 6 nitrogen and oxygen atoms in total. The highest BCUT2D eigenvalue weighted by atomic mass is 16.5. The Hall–Kier alpha value is -3.12. The minimum atomic E-state index is -0.236. The van der Waals surface area contributed by atoms with Gasteiger partial charge in [0, 0.05) is 23.5 Å². The van der Waals surface area contributed by atoms with Crippen molar-refractivity contribution >= 4 is 16.6 Å². The molecular weight excluding hydrogens is 376 g/mol. The van der Waals surface area contributed by atoms with Crippen molar-refractivity contribution in [3.8, 4) is 16.9 Å². The van der Waals surface area contributed by atoms with Crippen molar-refractivity contribution in [1.29, 1.82) is 0 Å². The van der Waals surface area contributed by atoms with E-state index < -0.39 is 0 Å². The molecule has 4 aromatic rings. The van der Waals surface area contributed by atoms with Gasteiger partial charge in [0.15, 0.2) is 5.65 Å². The van der Waals surface area contributed by atoms with Crippen LogP contribution in [0.4, 0.5) is 0 Å². The van der Waals surface area contributed by atoms with Crippen molar-refractivity contribution in [3.05, 3.63) is 64.1 Å². The standard InChI is InChI=1S/C24H26N4O2/c1-15-10-23-26-27-24(29)28(23)21-12-20(22(30-2)13-19(15)21)17-7-5-6-16(11-17)14-25-18-8-3-4-9-18/h5-7,10-13,18,25H,3-4,8-9,14H2,1-2H3,(H,27,29). The van der Waals surface area contributed by atoms with Crippen LogP contribution in [0, 0.1) is 6.92 Å². The van der Waals surface area contributed by atoms with Crippen molar-refractivity contribution in [1.82, 2.24) is 19.9 Å². The molecule has 2 N–H and O–H groups in total. The number of aryl methyl sites for hydroxylation is 1. The minimum absolute atomic E-state index is 0.236. The number of hydrogen-bond donors (Lipinski definition) is 2. The van der Waals surface area contributed by atoms with Gasteiger partial charge in [0.2, 0.25) is 0 Å². The molecule has 0 atom stereocenters. The van der Waals surface area contributed by atoms with E-state index in [9.17, 15) is 4.79 Å². The van der Waals surface area contributed by atoms with Gasteiger partial charge in [-0.2, -0.15) is 5.10 Å². The Kier molecular flexibility index (Phi) is 4.79. The van der Waals surface area contributed by atoms with Gasteiger partial charge >= 0.3 is 5.69 Å². The third-order valence-corrected chi connectivity index (χ3v) is 6.22. The van der Waals surface area contributed by atoms with Crippen LogP contribution >= 0.6 is 0 Å². The van der Waals surface area contributed by atoms with E-state index in [-0.39, 0.29) is 5.69 Å². The van der Waals surface area contributed by atoms with E-state index in [4.69, 9.17) is 4.74 Å². The maximum Gasteiger partial charge on any atom is 0.348 e. The van der Waals surface area contributed by atoms with Gasteiger partial charge in [-0.25, -0.2) is 14.3 Å². The molecule has 0 radical (unpaired) electrons. The Balaban J connectivity index is 1.61. The molecule has 2 aromatic carbocycles. The van der Waals surface area contributed by atoms with Crippen LogP contribution in [0.15, 0.2) is 47.3 Å². The second-order valence-electron chi connectivity index (χ2n) is 8.18. The van der Waals surface area contributed by atoms with E-state index in [0.717, 1.165) is 39.9 Å². The number of aromatic nitrogens is 3. The summed E-state index contributed by atoms with van der Waals surface area (Å²) in [6.45, 7) is 2.88. The number of rotatable bonds is 5. The average molecular weight is 402 g/mol. The summed E-state index contributed by atoms with van der Waals surface area (Å²) in [5.41, 5.74) is 5.55. The molecule has 0 amide bonds.